The van der Waals surface area contributed by atoms with Gasteiger partial charge in [0.15, 0.2) is 0 Å². The summed E-state index contributed by atoms with van der Waals surface area (Å²) in [6, 6.07) is 8.71. The van der Waals surface area contributed by atoms with Crippen molar-refractivity contribution in [2.45, 2.75) is 39.9 Å². The zero-order valence-electron chi connectivity index (χ0n) is 12.5. The Bertz CT molecular complexity index is 534. The number of hydrogen-bond acceptors (Lipinski definition) is 3. The van der Waals surface area contributed by atoms with Crippen LogP contribution in [0.5, 0.6) is 5.75 Å². The minimum atomic E-state index is 0.489. The molecule has 4 nitrogen and oxygen atoms in total. The van der Waals surface area contributed by atoms with E-state index in [9.17, 15) is 0 Å². The van der Waals surface area contributed by atoms with E-state index in [1.54, 1.807) is 0 Å². The van der Waals surface area contributed by atoms with Crippen LogP contribution in [-0.4, -0.2) is 22.4 Å². The fraction of sp³-hybridized carbons (Fsp3) is 0.438. The van der Waals surface area contributed by atoms with Gasteiger partial charge in [-0.2, -0.15) is 5.10 Å². The van der Waals surface area contributed by atoms with Gasteiger partial charge >= 0.3 is 0 Å². The molecule has 0 atom stereocenters. The molecule has 2 rings (SSSR count). The maximum Gasteiger partial charge on any atom is 0.119 e. The molecule has 0 saturated carbocycles. The second kappa shape index (κ2) is 7.10. The van der Waals surface area contributed by atoms with E-state index in [1.165, 1.54) is 11.1 Å². The number of nitrogens with one attached hydrogen (secondary N) is 1. The van der Waals surface area contributed by atoms with Crippen LogP contribution in [0.4, 0.5) is 0 Å². The van der Waals surface area contributed by atoms with Gasteiger partial charge in [-0.1, -0.05) is 26.0 Å². The van der Waals surface area contributed by atoms with Crippen molar-refractivity contribution in [3.05, 3.63) is 47.8 Å². The standard InChI is InChI=1S/C16H23N3O/c1-13(2)17-11-15-5-4-6-16(9-15)20-8-7-19-12-14(3)10-18-19/h4-6,9-10,12-13,17H,7-8,11H2,1-3H3. The van der Waals surface area contributed by atoms with Crippen LogP contribution in [0.15, 0.2) is 36.7 Å². The first-order chi connectivity index (χ1) is 9.63. The van der Waals surface area contributed by atoms with Crippen molar-refractivity contribution in [1.29, 1.82) is 0 Å². The molecule has 20 heavy (non-hydrogen) atoms. The van der Waals surface area contributed by atoms with E-state index in [2.05, 4.69) is 36.4 Å². The third-order valence-corrected chi connectivity index (χ3v) is 2.96. The van der Waals surface area contributed by atoms with Crippen LogP contribution in [0, 0.1) is 6.92 Å². The SMILES string of the molecule is Cc1cnn(CCOc2cccc(CNC(C)C)c2)c1. The zero-order valence-corrected chi connectivity index (χ0v) is 12.5. The van der Waals surface area contributed by atoms with E-state index in [4.69, 9.17) is 4.74 Å². The Morgan fingerprint density at radius 2 is 2.20 bits per heavy atom. The first kappa shape index (κ1) is 14.6. The van der Waals surface area contributed by atoms with Gasteiger partial charge in [-0.05, 0) is 30.2 Å². The second-order valence-electron chi connectivity index (χ2n) is 5.31. The first-order valence-electron chi connectivity index (χ1n) is 7.07. The molecule has 2 aromatic rings. The molecular formula is C16H23N3O. The summed E-state index contributed by atoms with van der Waals surface area (Å²) in [4.78, 5) is 0. The normalized spacial score (nSPS) is 11.0. The Morgan fingerprint density at radius 3 is 2.90 bits per heavy atom. The monoisotopic (exact) mass is 273 g/mol. The van der Waals surface area contributed by atoms with Crippen molar-refractivity contribution >= 4 is 0 Å². The average Bonchev–Trinajstić information content (AvgIpc) is 2.83. The summed E-state index contributed by atoms with van der Waals surface area (Å²) in [7, 11) is 0. The Balaban J connectivity index is 1.81. The number of nitrogens with zero attached hydrogens (tertiary/aromatic N) is 2. The van der Waals surface area contributed by atoms with Crippen LogP contribution in [0.25, 0.3) is 0 Å². The molecule has 1 aromatic heterocycles. The van der Waals surface area contributed by atoms with Crippen LogP contribution in [0.2, 0.25) is 0 Å². The van der Waals surface area contributed by atoms with E-state index in [0.717, 1.165) is 18.8 Å². The number of hydrogen-bond donors (Lipinski definition) is 1. The summed E-state index contributed by atoms with van der Waals surface area (Å²) in [6.45, 7) is 8.59. The highest BCUT2D eigenvalue weighted by atomic mass is 16.5. The molecule has 1 heterocycles. The highest BCUT2D eigenvalue weighted by Crippen LogP contribution is 2.13. The Hall–Kier alpha value is -1.81. The van der Waals surface area contributed by atoms with Gasteiger partial charge in [0.2, 0.25) is 0 Å². The third-order valence-electron chi connectivity index (χ3n) is 2.96. The van der Waals surface area contributed by atoms with Crippen molar-refractivity contribution in [1.82, 2.24) is 15.1 Å². The lowest BCUT2D eigenvalue weighted by Crippen LogP contribution is -2.21. The highest BCUT2D eigenvalue weighted by Gasteiger charge is 1.99. The van der Waals surface area contributed by atoms with E-state index >= 15 is 0 Å². The molecular weight excluding hydrogens is 250 g/mol. The van der Waals surface area contributed by atoms with Crippen molar-refractivity contribution in [2.75, 3.05) is 6.61 Å². The predicted molar refractivity (Wildman–Crippen MR) is 80.9 cm³/mol. The maximum absolute atomic E-state index is 5.78. The topological polar surface area (TPSA) is 39.1 Å². The lowest BCUT2D eigenvalue weighted by Gasteiger charge is -2.10. The molecule has 0 aliphatic rings. The smallest absolute Gasteiger partial charge is 0.119 e. The molecule has 0 amide bonds. The second-order valence-corrected chi connectivity index (χ2v) is 5.31. The summed E-state index contributed by atoms with van der Waals surface area (Å²) in [5, 5.41) is 7.64. The largest absolute Gasteiger partial charge is 0.492 e. The molecule has 0 saturated heterocycles. The number of benzene rings is 1. The molecule has 0 aliphatic carbocycles. The fourth-order valence-electron chi connectivity index (χ4n) is 1.91. The van der Waals surface area contributed by atoms with Gasteiger partial charge in [0, 0.05) is 18.8 Å². The quantitative estimate of drug-likeness (QED) is 0.843. The molecule has 0 spiro atoms. The summed E-state index contributed by atoms with van der Waals surface area (Å²) < 4.78 is 7.68. The number of ether oxygens (including phenoxy) is 1. The number of aromatic nitrogens is 2. The van der Waals surface area contributed by atoms with E-state index in [-0.39, 0.29) is 0 Å². The van der Waals surface area contributed by atoms with Crippen LogP contribution in [0.1, 0.15) is 25.0 Å². The van der Waals surface area contributed by atoms with E-state index < -0.39 is 0 Å². The summed E-state index contributed by atoms with van der Waals surface area (Å²) in [5.41, 5.74) is 2.41. The lowest BCUT2D eigenvalue weighted by molar-refractivity contribution is 0.291. The molecule has 1 aromatic carbocycles. The Morgan fingerprint density at radius 1 is 1.35 bits per heavy atom. The van der Waals surface area contributed by atoms with Crippen molar-refractivity contribution in [3.63, 3.8) is 0 Å². The minimum absolute atomic E-state index is 0.489. The lowest BCUT2D eigenvalue weighted by atomic mass is 10.2. The third kappa shape index (κ3) is 4.70. The fourth-order valence-corrected chi connectivity index (χ4v) is 1.91. The van der Waals surface area contributed by atoms with Gasteiger partial charge in [0.1, 0.15) is 12.4 Å². The van der Waals surface area contributed by atoms with Crippen LogP contribution in [0.3, 0.4) is 0 Å². The van der Waals surface area contributed by atoms with Crippen molar-refractivity contribution in [2.24, 2.45) is 0 Å². The minimum Gasteiger partial charge on any atom is -0.492 e. The summed E-state index contributed by atoms with van der Waals surface area (Å²) in [5.74, 6) is 0.914. The van der Waals surface area contributed by atoms with Gasteiger partial charge in [-0.3, -0.25) is 4.68 Å². The highest BCUT2D eigenvalue weighted by molar-refractivity contribution is 5.28. The molecule has 0 fully saturated rings. The maximum atomic E-state index is 5.78. The van der Waals surface area contributed by atoms with Gasteiger partial charge in [0.05, 0.1) is 12.7 Å². The van der Waals surface area contributed by atoms with Gasteiger partial charge < -0.3 is 10.1 Å². The van der Waals surface area contributed by atoms with Crippen molar-refractivity contribution in [3.8, 4) is 5.75 Å². The first-order valence-corrected chi connectivity index (χ1v) is 7.07. The number of aryl methyl sites for hydroxylation is 1. The molecule has 4 heteroatoms. The Labute approximate surface area is 120 Å². The predicted octanol–water partition coefficient (Wildman–Crippen LogP) is 2.77. The Kier molecular flexibility index (Phi) is 5.18. The number of rotatable bonds is 7. The molecule has 0 aliphatic heterocycles. The van der Waals surface area contributed by atoms with Gasteiger partial charge in [0.25, 0.3) is 0 Å². The van der Waals surface area contributed by atoms with Crippen molar-refractivity contribution < 1.29 is 4.74 Å². The zero-order chi connectivity index (χ0) is 14.4. The van der Waals surface area contributed by atoms with Gasteiger partial charge in [-0.25, -0.2) is 0 Å². The molecule has 1 N–H and O–H groups in total. The van der Waals surface area contributed by atoms with E-state index in [1.807, 2.05) is 36.1 Å². The van der Waals surface area contributed by atoms with Crippen LogP contribution < -0.4 is 10.1 Å². The molecule has 0 unspecified atom stereocenters. The average molecular weight is 273 g/mol. The summed E-state index contributed by atoms with van der Waals surface area (Å²) >= 11 is 0. The van der Waals surface area contributed by atoms with E-state index in [0.29, 0.717) is 12.6 Å². The van der Waals surface area contributed by atoms with Gasteiger partial charge in [-0.15, -0.1) is 0 Å². The molecule has 0 bridgehead atoms. The molecule has 0 radical (unpaired) electrons. The van der Waals surface area contributed by atoms with Crippen LogP contribution >= 0.6 is 0 Å². The molecule has 108 valence electrons. The van der Waals surface area contributed by atoms with Crippen LogP contribution in [-0.2, 0) is 13.1 Å². The summed E-state index contributed by atoms with van der Waals surface area (Å²) in [6.07, 6.45) is 3.88.